The Bertz CT molecular complexity index is 559. The van der Waals surface area contributed by atoms with Gasteiger partial charge in [0.2, 0.25) is 5.91 Å². The number of benzene rings is 1. The number of hydrogen-bond acceptors (Lipinski definition) is 2. The van der Waals surface area contributed by atoms with E-state index in [1.165, 1.54) is 11.6 Å². The summed E-state index contributed by atoms with van der Waals surface area (Å²) in [5.74, 6) is -1.23. The van der Waals surface area contributed by atoms with Crippen molar-refractivity contribution < 1.29 is 14.7 Å². The molecule has 1 saturated carbocycles. The fraction of sp³-hybridized carbons (Fsp3) is 0.375. The van der Waals surface area contributed by atoms with E-state index < -0.39 is 12.0 Å². The van der Waals surface area contributed by atoms with E-state index in [0.29, 0.717) is 0 Å². The van der Waals surface area contributed by atoms with E-state index in [1.54, 1.807) is 6.08 Å². The maximum absolute atomic E-state index is 11.8. The molecule has 0 spiro atoms. The second-order valence-electron chi connectivity index (χ2n) is 5.36. The molecule has 0 aliphatic heterocycles. The minimum atomic E-state index is -0.958. The summed E-state index contributed by atoms with van der Waals surface area (Å²) < 4.78 is 0. The monoisotopic (exact) mass is 273 g/mol. The van der Waals surface area contributed by atoms with Gasteiger partial charge in [-0.15, -0.1) is 0 Å². The van der Waals surface area contributed by atoms with Crippen LogP contribution in [0.4, 0.5) is 0 Å². The zero-order valence-electron chi connectivity index (χ0n) is 11.7. The van der Waals surface area contributed by atoms with Crippen LogP contribution in [-0.2, 0) is 9.59 Å². The summed E-state index contributed by atoms with van der Waals surface area (Å²) >= 11 is 0. The molecule has 1 fully saturated rings. The van der Waals surface area contributed by atoms with Gasteiger partial charge in [0.1, 0.15) is 6.04 Å². The van der Waals surface area contributed by atoms with Gasteiger partial charge in [-0.25, -0.2) is 4.79 Å². The van der Waals surface area contributed by atoms with Gasteiger partial charge in [-0.3, -0.25) is 4.79 Å². The van der Waals surface area contributed by atoms with Crippen LogP contribution in [0.25, 0.3) is 6.08 Å². The highest BCUT2D eigenvalue weighted by molar-refractivity contribution is 5.94. The molecule has 1 aromatic rings. The lowest BCUT2D eigenvalue weighted by Gasteiger charge is -2.11. The molecule has 1 aliphatic carbocycles. The topological polar surface area (TPSA) is 66.4 Å². The number of carbonyl (C=O) groups is 2. The summed E-state index contributed by atoms with van der Waals surface area (Å²) in [6.07, 6.45) is 4.86. The molecule has 20 heavy (non-hydrogen) atoms. The highest BCUT2D eigenvalue weighted by atomic mass is 16.4. The third kappa shape index (κ3) is 3.70. The summed E-state index contributed by atoms with van der Waals surface area (Å²) in [5, 5.41) is 11.6. The molecule has 0 aromatic heterocycles. The lowest BCUT2D eigenvalue weighted by molar-refractivity contribution is -0.141. The third-order valence-electron chi connectivity index (χ3n) is 3.50. The normalized spacial score (nSPS) is 16.1. The number of nitrogens with one attached hydrogen (secondary N) is 1. The Morgan fingerprint density at radius 3 is 2.60 bits per heavy atom. The molecule has 0 heterocycles. The van der Waals surface area contributed by atoms with Gasteiger partial charge in [-0.05, 0) is 49.8 Å². The molecular formula is C16H19NO3. The molecule has 1 unspecified atom stereocenters. The standard InChI is InChI=1S/C16H19NO3/c1-10-3-4-12(11(2)9-10)7-8-14(18)17-15(16(19)20)13-5-6-13/h3-4,7-9,13,15H,5-6H2,1-2H3,(H,17,18)(H,19,20). The molecule has 1 aromatic carbocycles. The first-order chi connectivity index (χ1) is 9.47. The zero-order valence-corrected chi connectivity index (χ0v) is 11.7. The fourth-order valence-corrected chi connectivity index (χ4v) is 2.19. The molecule has 2 rings (SSSR count). The maximum Gasteiger partial charge on any atom is 0.326 e. The number of carboxylic acids is 1. The second kappa shape index (κ2) is 5.90. The number of carbonyl (C=O) groups excluding carboxylic acids is 1. The zero-order chi connectivity index (χ0) is 14.7. The maximum atomic E-state index is 11.8. The van der Waals surface area contributed by atoms with Crippen LogP contribution in [0, 0.1) is 19.8 Å². The van der Waals surface area contributed by atoms with Crippen LogP contribution in [0.5, 0.6) is 0 Å². The smallest absolute Gasteiger partial charge is 0.326 e. The Kier molecular flexibility index (Phi) is 4.23. The van der Waals surface area contributed by atoms with Crippen molar-refractivity contribution in [1.82, 2.24) is 5.32 Å². The van der Waals surface area contributed by atoms with Crippen molar-refractivity contribution >= 4 is 18.0 Å². The molecule has 0 bridgehead atoms. The summed E-state index contributed by atoms with van der Waals surface area (Å²) in [7, 11) is 0. The van der Waals surface area contributed by atoms with E-state index >= 15 is 0 Å². The van der Waals surface area contributed by atoms with Crippen LogP contribution in [0.1, 0.15) is 29.5 Å². The van der Waals surface area contributed by atoms with Gasteiger partial charge in [-0.1, -0.05) is 23.8 Å². The second-order valence-corrected chi connectivity index (χ2v) is 5.36. The number of aryl methyl sites for hydroxylation is 2. The van der Waals surface area contributed by atoms with Crippen molar-refractivity contribution in [3.05, 3.63) is 41.0 Å². The highest BCUT2D eigenvalue weighted by Gasteiger charge is 2.36. The van der Waals surface area contributed by atoms with Crippen molar-refractivity contribution in [3.63, 3.8) is 0 Å². The minimum Gasteiger partial charge on any atom is -0.480 e. The minimum absolute atomic E-state index is 0.0889. The first kappa shape index (κ1) is 14.3. The Morgan fingerprint density at radius 1 is 1.35 bits per heavy atom. The van der Waals surface area contributed by atoms with Gasteiger partial charge in [0.15, 0.2) is 0 Å². The lowest BCUT2D eigenvalue weighted by Crippen LogP contribution is -2.41. The molecule has 2 N–H and O–H groups in total. The molecule has 1 atom stereocenters. The van der Waals surface area contributed by atoms with Crippen LogP contribution >= 0.6 is 0 Å². The molecule has 1 amide bonds. The average Bonchev–Trinajstić information content (AvgIpc) is 3.18. The largest absolute Gasteiger partial charge is 0.480 e. The van der Waals surface area contributed by atoms with E-state index in [0.717, 1.165) is 24.0 Å². The fourth-order valence-electron chi connectivity index (χ4n) is 2.19. The molecular weight excluding hydrogens is 254 g/mol. The highest BCUT2D eigenvalue weighted by Crippen LogP contribution is 2.32. The van der Waals surface area contributed by atoms with Crippen LogP contribution in [-0.4, -0.2) is 23.0 Å². The molecule has 4 nitrogen and oxygen atoms in total. The van der Waals surface area contributed by atoms with E-state index in [1.807, 2.05) is 32.0 Å². The van der Waals surface area contributed by atoms with Crippen molar-refractivity contribution in [1.29, 1.82) is 0 Å². The van der Waals surface area contributed by atoms with Crippen molar-refractivity contribution in [2.24, 2.45) is 5.92 Å². The number of carboxylic acid groups (broad SMARTS) is 1. The van der Waals surface area contributed by atoms with Crippen LogP contribution in [0.3, 0.4) is 0 Å². The van der Waals surface area contributed by atoms with E-state index in [-0.39, 0.29) is 11.8 Å². The third-order valence-corrected chi connectivity index (χ3v) is 3.50. The van der Waals surface area contributed by atoms with Gasteiger partial charge in [0, 0.05) is 6.08 Å². The van der Waals surface area contributed by atoms with Gasteiger partial charge in [-0.2, -0.15) is 0 Å². The Hall–Kier alpha value is -2.10. The number of rotatable bonds is 5. The van der Waals surface area contributed by atoms with Crippen molar-refractivity contribution in [2.75, 3.05) is 0 Å². The van der Waals surface area contributed by atoms with Gasteiger partial charge < -0.3 is 10.4 Å². The summed E-state index contributed by atoms with van der Waals surface area (Å²) in [4.78, 5) is 22.8. The number of aliphatic carboxylic acids is 1. The van der Waals surface area contributed by atoms with Gasteiger partial charge >= 0.3 is 5.97 Å². The van der Waals surface area contributed by atoms with E-state index in [2.05, 4.69) is 5.32 Å². The number of amides is 1. The Balaban J connectivity index is 1.99. The molecule has 106 valence electrons. The van der Waals surface area contributed by atoms with Crippen molar-refractivity contribution in [3.8, 4) is 0 Å². The predicted octanol–water partition coefficient (Wildman–Crippen LogP) is 2.30. The van der Waals surface area contributed by atoms with E-state index in [4.69, 9.17) is 5.11 Å². The first-order valence-electron chi connectivity index (χ1n) is 6.76. The van der Waals surface area contributed by atoms with E-state index in [9.17, 15) is 9.59 Å². The van der Waals surface area contributed by atoms with Crippen LogP contribution in [0.15, 0.2) is 24.3 Å². The Labute approximate surface area is 118 Å². The molecule has 0 saturated heterocycles. The summed E-state index contributed by atoms with van der Waals surface area (Å²) in [6, 6.07) is 5.21. The Morgan fingerprint density at radius 2 is 2.05 bits per heavy atom. The predicted molar refractivity (Wildman–Crippen MR) is 77.2 cm³/mol. The van der Waals surface area contributed by atoms with Crippen molar-refractivity contribution in [2.45, 2.75) is 32.7 Å². The molecule has 1 aliphatic rings. The first-order valence-corrected chi connectivity index (χ1v) is 6.76. The SMILES string of the molecule is Cc1ccc(C=CC(=O)NC(C(=O)O)C2CC2)c(C)c1. The number of hydrogen-bond donors (Lipinski definition) is 2. The molecule has 0 radical (unpaired) electrons. The summed E-state index contributed by atoms with van der Waals surface area (Å²) in [6.45, 7) is 4.00. The van der Waals surface area contributed by atoms with Gasteiger partial charge in [0.05, 0.1) is 0 Å². The van der Waals surface area contributed by atoms with Crippen LogP contribution < -0.4 is 5.32 Å². The molecule has 4 heteroatoms. The van der Waals surface area contributed by atoms with Gasteiger partial charge in [0.25, 0.3) is 0 Å². The average molecular weight is 273 g/mol. The van der Waals surface area contributed by atoms with Crippen LogP contribution in [0.2, 0.25) is 0 Å². The summed E-state index contributed by atoms with van der Waals surface area (Å²) in [5.41, 5.74) is 3.22. The lowest BCUT2D eigenvalue weighted by atomic mass is 10.1. The quantitative estimate of drug-likeness (QED) is 0.809.